The van der Waals surface area contributed by atoms with E-state index in [1.54, 1.807) is 0 Å². The van der Waals surface area contributed by atoms with Crippen LogP contribution in [0.15, 0.2) is 29.3 Å². The molecule has 1 aromatic carbocycles. The third-order valence-corrected chi connectivity index (χ3v) is 5.80. The Balaban J connectivity index is 1.30. The summed E-state index contributed by atoms with van der Waals surface area (Å²) in [6.45, 7) is 6.11. The Bertz CT molecular complexity index is 728. The van der Waals surface area contributed by atoms with Crippen molar-refractivity contribution in [3.05, 3.63) is 30.1 Å². The number of likely N-dealkylation sites (tertiary alicyclic amines) is 1. The summed E-state index contributed by atoms with van der Waals surface area (Å²) in [6, 6.07) is 9.50. The normalized spacial score (nSPS) is 22.0. The Morgan fingerprint density at radius 1 is 1.26 bits per heavy atom. The number of H-pyrrole nitrogens is 1. The first-order valence-electron chi connectivity index (χ1n) is 10.5. The molecule has 1 aromatic heterocycles. The quantitative estimate of drug-likeness (QED) is 0.542. The van der Waals surface area contributed by atoms with E-state index >= 15 is 0 Å². The Labute approximate surface area is 161 Å². The largest absolute Gasteiger partial charge is 0.357 e. The van der Waals surface area contributed by atoms with Crippen molar-refractivity contribution in [3.8, 4) is 0 Å². The molecule has 6 nitrogen and oxygen atoms in total. The molecule has 1 saturated heterocycles. The summed E-state index contributed by atoms with van der Waals surface area (Å²) in [6.07, 6.45) is 7.63. The number of nitrogens with one attached hydrogen (secondary N) is 3. The third kappa shape index (κ3) is 4.61. The van der Waals surface area contributed by atoms with Crippen LogP contribution in [0.4, 0.5) is 0 Å². The van der Waals surface area contributed by atoms with Gasteiger partial charge in [0.2, 0.25) is 0 Å². The molecule has 6 heteroatoms. The Morgan fingerprint density at radius 2 is 2.11 bits per heavy atom. The minimum atomic E-state index is 0.509. The van der Waals surface area contributed by atoms with Gasteiger partial charge in [-0.2, -0.15) is 0 Å². The molecule has 2 aromatic rings. The molecule has 1 unspecified atom stereocenters. The van der Waals surface area contributed by atoms with E-state index in [4.69, 9.17) is 4.99 Å². The van der Waals surface area contributed by atoms with Crippen LogP contribution in [0, 0.1) is 0 Å². The van der Waals surface area contributed by atoms with Gasteiger partial charge in [0.05, 0.1) is 11.0 Å². The number of benzene rings is 1. The first-order valence-corrected chi connectivity index (χ1v) is 10.5. The SMILES string of the molecule is CCNC(=NCCc1nc2ccccc2[nH]1)NC1CCN(C2CCCC2)C1. The fraction of sp³-hybridized carbons (Fsp3) is 0.619. The number of para-hydroxylation sites is 2. The second kappa shape index (κ2) is 8.74. The van der Waals surface area contributed by atoms with Crippen LogP contribution in [0.2, 0.25) is 0 Å². The fourth-order valence-corrected chi connectivity index (χ4v) is 4.42. The summed E-state index contributed by atoms with van der Waals surface area (Å²) in [5, 5.41) is 7.05. The second-order valence-corrected chi connectivity index (χ2v) is 7.77. The summed E-state index contributed by atoms with van der Waals surface area (Å²) in [5.41, 5.74) is 2.12. The maximum atomic E-state index is 4.78. The van der Waals surface area contributed by atoms with Crippen molar-refractivity contribution in [2.24, 2.45) is 4.99 Å². The summed E-state index contributed by atoms with van der Waals surface area (Å²) in [5.74, 6) is 1.94. The zero-order chi connectivity index (χ0) is 18.5. The highest BCUT2D eigenvalue weighted by molar-refractivity contribution is 5.80. The van der Waals surface area contributed by atoms with Crippen molar-refractivity contribution in [2.45, 2.75) is 57.5 Å². The standard InChI is InChI=1S/C21H32N6/c1-2-22-21(24-16-12-14-27(15-16)17-7-3-4-8-17)23-13-11-20-25-18-9-5-6-10-19(18)26-20/h5-6,9-10,16-17H,2-4,7-8,11-15H2,1H3,(H,25,26)(H2,22,23,24). The van der Waals surface area contributed by atoms with Crippen LogP contribution < -0.4 is 10.6 Å². The highest BCUT2D eigenvalue weighted by Gasteiger charge is 2.30. The van der Waals surface area contributed by atoms with E-state index in [1.807, 2.05) is 18.2 Å². The van der Waals surface area contributed by atoms with Crippen LogP contribution in [-0.2, 0) is 6.42 Å². The number of hydrogen-bond donors (Lipinski definition) is 3. The van der Waals surface area contributed by atoms with Gasteiger partial charge >= 0.3 is 0 Å². The molecule has 27 heavy (non-hydrogen) atoms. The van der Waals surface area contributed by atoms with Crippen LogP contribution in [0.5, 0.6) is 0 Å². The van der Waals surface area contributed by atoms with Crippen LogP contribution >= 0.6 is 0 Å². The van der Waals surface area contributed by atoms with E-state index in [-0.39, 0.29) is 0 Å². The van der Waals surface area contributed by atoms with E-state index in [0.29, 0.717) is 6.04 Å². The summed E-state index contributed by atoms with van der Waals surface area (Å²) in [4.78, 5) is 15.5. The predicted octanol–water partition coefficient (Wildman–Crippen LogP) is 2.68. The molecule has 1 atom stereocenters. The van der Waals surface area contributed by atoms with Crippen LogP contribution in [0.25, 0.3) is 11.0 Å². The van der Waals surface area contributed by atoms with Gasteiger partial charge < -0.3 is 15.6 Å². The smallest absolute Gasteiger partial charge is 0.191 e. The maximum absolute atomic E-state index is 4.78. The van der Waals surface area contributed by atoms with Gasteiger partial charge in [-0.3, -0.25) is 9.89 Å². The van der Waals surface area contributed by atoms with Gasteiger partial charge in [-0.15, -0.1) is 0 Å². The minimum absolute atomic E-state index is 0.509. The molecular weight excluding hydrogens is 336 g/mol. The molecule has 0 radical (unpaired) electrons. The van der Waals surface area contributed by atoms with Gasteiger partial charge in [0.25, 0.3) is 0 Å². The zero-order valence-electron chi connectivity index (χ0n) is 16.4. The Morgan fingerprint density at radius 3 is 2.93 bits per heavy atom. The molecule has 0 amide bonds. The summed E-state index contributed by atoms with van der Waals surface area (Å²) >= 11 is 0. The van der Waals surface area contributed by atoms with Crippen molar-refractivity contribution in [2.75, 3.05) is 26.2 Å². The number of fused-ring (bicyclic) bond motifs is 1. The molecule has 2 heterocycles. The average Bonchev–Trinajstić information content (AvgIpc) is 3.41. The zero-order valence-corrected chi connectivity index (χ0v) is 16.4. The van der Waals surface area contributed by atoms with Crippen molar-refractivity contribution >= 4 is 17.0 Å². The number of hydrogen-bond acceptors (Lipinski definition) is 3. The number of guanidine groups is 1. The Kier molecular flexibility index (Phi) is 5.92. The number of aliphatic imine (C=N–C) groups is 1. The average molecular weight is 369 g/mol. The van der Waals surface area contributed by atoms with E-state index in [0.717, 1.165) is 54.9 Å². The number of rotatable bonds is 6. The van der Waals surface area contributed by atoms with E-state index in [1.165, 1.54) is 38.6 Å². The van der Waals surface area contributed by atoms with E-state index < -0.39 is 0 Å². The number of imidazole rings is 1. The molecule has 146 valence electrons. The van der Waals surface area contributed by atoms with Gasteiger partial charge in [-0.25, -0.2) is 4.98 Å². The van der Waals surface area contributed by atoms with Crippen LogP contribution in [0.1, 0.15) is 44.9 Å². The molecule has 4 rings (SSSR count). The fourth-order valence-electron chi connectivity index (χ4n) is 4.42. The first-order chi connectivity index (χ1) is 13.3. The molecule has 0 bridgehead atoms. The van der Waals surface area contributed by atoms with Crippen molar-refractivity contribution < 1.29 is 0 Å². The molecular formula is C21H32N6. The van der Waals surface area contributed by atoms with Gasteiger partial charge in [0.15, 0.2) is 5.96 Å². The van der Waals surface area contributed by atoms with Crippen LogP contribution in [0.3, 0.4) is 0 Å². The van der Waals surface area contributed by atoms with Gasteiger partial charge in [0, 0.05) is 44.7 Å². The van der Waals surface area contributed by atoms with Crippen LogP contribution in [-0.4, -0.2) is 59.1 Å². The highest BCUT2D eigenvalue weighted by Crippen LogP contribution is 2.26. The minimum Gasteiger partial charge on any atom is -0.357 e. The number of aromatic amines is 1. The van der Waals surface area contributed by atoms with E-state index in [9.17, 15) is 0 Å². The lowest BCUT2D eigenvalue weighted by Gasteiger charge is -2.24. The van der Waals surface area contributed by atoms with Gasteiger partial charge in [0.1, 0.15) is 5.82 Å². The molecule has 2 fully saturated rings. The molecule has 0 spiro atoms. The monoisotopic (exact) mass is 368 g/mol. The summed E-state index contributed by atoms with van der Waals surface area (Å²) in [7, 11) is 0. The first kappa shape index (κ1) is 18.3. The van der Waals surface area contributed by atoms with Crippen molar-refractivity contribution in [3.63, 3.8) is 0 Å². The highest BCUT2D eigenvalue weighted by atomic mass is 15.3. The summed E-state index contributed by atoms with van der Waals surface area (Å²) < 4.78 is 0. The number of aromatic nitrogens is 2. The molecule has 2 aliphatic rings. The topological polar surface area (TPSA) is 68.3 Å². The lowest BCUT2D eigenvalue weighted by molar-refractivity contribution is 0.242. The van der Waals surface area contributed by atoms with Gasteiger partial charge in [-0.05, 0) is 38.3 Å². The molecule has 1 aliphatic heterocycles. The van der Waals surface area contributed by atoms with Crippen molar-refractivity contribution in [1.29, 1.82) is 0 Å². The number of nitrogens with zero attached hydrogens (tertiary/aromatic N) is 3. The van der Waals surface area contributed by atoms with Gasteiger partial charge in [-0.1, -0.05) is 25.0 Å². The second-order valence-electron chi connectivity index (χ2n) is 7.77. The Hall–Kier alpha value is -2.08. The molecule has 1 saturated carbocycles. The maximum Gasteiger partial charge on any atom is 0.191 e. The van der Waals surface area contributed by atoms with E-state index in [2.05, 4.69) is 38.5 Å². The lowest BCUT2D eigenvalue weighted by atomic mass is 10.2. The predicted molar refractivity (Wildman–Crippen MR) is 111 cm³/mol. The van der Waals surface area contributed by atoms with Crippen molar-refractivity contribution in [1.82, 2.24) is 25.5 Å². The lowest BCUT2D eigenvalue weighted by Crippen LogP contribution is -2.45. The third-order valence-electron chi connectivity index (χ3n) is 5.80. The molecule has 1 aliphatic carbocycles. The molecule has 3 N–H and O–H groups in total.